The van der Waals surface area contributed by atoms with Gasteiger partial charge in [-0.15, -0.1) is 0 Å². The van der Waals surface area contributed by atoms with Crippen molar-refractivity contribution in [3.05, 3.63) is 53.5 Å². The molecule has 0 bridgehead atoms. The molecule has 1 N–H and O–H groups in total. The molecule has 0 spiro atoms. The van der Waals surface area contributed by atoms with Gasteiger partial charge in [-0.1, -0.05) is 37.3 Å². The molecule has 1 aliphatic heterocycles. The smallest absolute Gasteiger partial charge is 0.239 e. The standard InChI is InChI=1S/C19H24N4O/c1-3-7-17-20-14(2)10-18(22-17)23-12-16(21-19(24)13-23)11-15-8-5-4-6-9-15/h4-6,8-10,16H,3,7,11-13H2,1-2H3,(H,21,24)/t16-/m0/s1. The Morgan fingerprint density at radius 1 is 1.25 bits per heavy atom. The minimum Gasteiger partial charge on any atom is -0.350 e. The summed E-state index contributed by atoms with van der Waals surface area (Å²) < 4.78 is 0. The molecule has 1 fully saturated rings. The largest absolute Gasteiger partial charge is 0.350 e. The van der Waals surface area contributed by atoms with Gasteiger partial charge in [0.2, 0.25) is 5.91 Å². The lowest BCUT2D eigenvalue weighted by Gasteiger charge is -2.34. The van der Waals surface area contributed by atoms with Crippen molar-refractivity contribution in [1.29, 1.82) is 0 Å². The van der Waals surface area contributed by atoms with Gasteiger partial charge in [0.1, 0.15) is 11.6 Å². The van der Waals surface area contributed by atoms with Crippen LogP contribution in [0.4, 0.5) is 5.82 Å². The first-order valence-electron chi connectivity index (χ1n) is 8.57. The molecule has 0 radical (unpaired) electrons. The first-order valence-corrected chi connectivity index (χ1v) is 8.57. The van der Waals surface area contributed by atoms with Crippen molar-refractivity contribution >= 4 is 11.7 Å². The molecule has 0 aliphatic carbocycles. The first-order chi connectivity index (χ1) is 11.6. The summed E-state index contributed by atoms with van der Waals surface area (Å²) in [6.45, 7) is 5.22. The van der Waals surface area contributed by atoms with E-state index in [-0.39, 0.29) is 11.9 Å². The highest BCUT2D eigenvalue weighted by atomic mass is 16.2. The van der Waals surface area contributed by atoms with E-state index in [0.717, 1.165) is 43.1 Å². The topological polar surface area (TPSA) is 58.1 Å². The molecule has 1 amide bonds. The molecule has 1 aromatic heterocycles. The van der Waals surface area contributed by atoms with E-state index in [2.05, 4.69) is 39.2 Å². The summed E-state index contributed by atoms with van der Waals surface area (Å²) in [6.07, 6.45) is 2.71. The van der Waals surface area contributed by atoms with Crippen LogP contribution in [0.25, 0.3) is 0 Å². The number of nitrogens with zero attached hydrogens (tertiary/aromatic N) is 3. The number of carbonyl (C=O) groups is 1. The van der Waals surface area contributed by atoms with Crippen LogP contribution >= 0.6 is 0 Å². The van der Waals surface area contributed by atoms with E-state index < -0.39 is 0 Å². The van der Waals surface area contributed by atoms with E-state index >= 15 is 0 Å². The zero-order valence-electron chi connectivity index (χ0n) is 14.3. The minimum absolute atomic E-state index is 0.0514. The molecular weight excluding hydrogens is 300 g/mol. The fraction of sp³-hybridized carbons (Fsp3) is 0.421. The maximum absolute atomic E-state index is 12.1. The average molecular weight is 324 g/mol. The maximum atomic E-state index is 12.1. The number of rotatable bonds is 5. The van der Waals surface area contributed by atoms with E-state index in [4.69, 9.17) is 0 Å². The predicted octanol–water partition coefficient (Wildman–Crippen LogP) is 2.29. The second-order valence-electron chi connectivity index (χ2n) is 6.37. The third kappa shape index (κ3) is 4.10. The fourth-order valence-corrected chi connectivity index (χ4v) is 3.12. The van der Waals surface area contributed by atoms with E-state index in [1.165, 1.54) is 5.56 Å². The van der Waals surface area contributed by atoms with Gasteiger partial charge in [-0.05, 0) is 25.3 Å². The second kappa shape index (κ2) is 7.43. The number of anilines is 1. The Morgan fingerprint density at radius 2 is 2.04 bits per heavy atom. The highest BCUT2D eigenvalue weighted by molar-refractivity contribution is 5.82. The van der Waals surface area contributed by atoms with Crippen molar-refractivity contribution in [2.24, 2.45) is 0 Å². The summed E-state index contributed by atoms with van der Waals surface area (Å²) in [5.41, 5.74) is 2.18. The molecule has 0 unspecified atom stereocenters. The summed E-state index contributed by atoms with van der Waals surface area (Å²) in [5, 5.41) is 3.09. The fourth-order valence-electron chi connectivity index (χ4n) is 3.12. The molecule has 1 aliphatic rings. The summed E-state index contributed by atoms with van der Waals surface area (Å²) in [7, 11) is 0. The van der Waals surface area contributed by atoms with Crippen LogP contribution in [0.5, 0.6) is 0 Å². The molecule has 5 heteroatoms. The van der Waals surface area contributed by atoms with Crippen LogP contribution in [-0.4, -0.2) is 35.0 Å². The molecule has 1 saturated heterocycles. The van der Waals surface area contributed by atoms with Crippen molar-refractivity contribution in [2.45, 2.75) is 39.2 Å². The average Bonchev–Trinajstić information content (AvgIpc) is 2.55. The van der Waals surface area contributed by atoms with Gasteiger partial charge in [-0.2, -0.15) is 0 Å². The van der Waals surface area contributed by atoms with Gasteiger partial charge in [0.15, 0.2) is 0 Å². The Balaban J connectivity index is 1.77. The zero-order valence-corrected chi connectivity index (χ0v) is 14.3. The third-order valence-electron chi connectivity index (χ3n) is 4.15. The minimum atomic E-state index is 0.0514. The summed E-state index contributed by atoms with van der Waals surface area (Å²) in [6, 6.07) is 12.3. The molecule has 5 nitrogen and oxygen atoms in total. The maximum Gasteiger partial charge on any atom is 0.239 e. The monoisotopic (exact) mass is 324 g/mol. The number of benzene rings is 1. The quantitative estimate of drug-likeness (QED) is 0.917. The normalized spacial score (nSPS) is 17.7. The van der Waals surface area contributed by atoms with E-state index in [1.807, 2.05) is 31.2 Å². The number of piperazine rings is 1. The Kier molecular flexibility index (Phi) is 5.08. The van der Waals surface area contributed by atoms with E-state index in [0.29, 0.717) is 6.54 Å². The molecule has 2 heterocycles. The van der Waals surface area contributed by atoms with Gasteiger partial charge < -0.3 is 10.2 Å². The summed E-state index contributed by atoms with van der Waals surface area (Å²) in [4.78, 5) is 23.4. The van der Waals surface area contributed by atoms with Gasteiger partial charge in [0.05, 0.1) is 12.6 Å². The van der Waals surface area contributed by atoms with Gasteiger partial charge >= 0.3 is 0 Å². The molecule has 24 heavy (non-hydrogen) atoms. The van der Waals surface area contributed by atoms with Crippen molar-refractivity contribution in [2.75, 3.05) is 18.0 Å². The Labute approximate surface area is 143 Å². The molecule has 2 aromatic rings. The summed E-state index contributed by atoms with van der Waals surface area (Å²) >= 11 is 0. The van der Waals surface area contributed by atoms with Gasteiger partial charge in [-0.25, -0.2) is 9.97 Å². The number of carbonyl (C=O) groups excluding carboxylic acids is 1. The van der Waals surface area contributed by atoms with E-state index in [1.54, 1.807) is 0 Å². The van der Waals surface area contributed by atoms with E-state index in [9.17, 15) is 4.79 Å². The van der Waals surface area contributed by atoms with Crippen LogP contribution in [0.1, 0.15) is 30.4 Å². The second-order valence-corrected chi connectivity index (χ2v) is 6.37. The Hall–Kier alpha value is -2.43. The number of aryl methyl sites for hydroxylation is 2. The molecule has 0 saturated carbocycles. The van der Waals surface area contributed by atoms with Crippen molar-refractivity contribution in [1.82, 2.24) is 15.3 Å². The number of aromatic nitrogens is 2. The lowest BCUT2D eigenvalue weighted by Crippen LogP contribution is -2.55. The van der Waals surface area contributed by atoms with Crippen LogP contribution in [0.2, 0.25) is 0 Å². The number of nitrogens with one attached hydrogen (secondary N) is 1. The van der Waals surface area contributed by atoms with Crippen molar-refractivity contribution in [3.63, 3.8) is 0 Å². The van der Waals surface area contributed by atoms with Crippen LogP contribution in [-0.2, 0) is 17.6 Å². The molecule has 1 aromatic carbocycles. The number of amides is 1. The highest BCUT2D eigenvalue weighted by Crippen LogP contribution is 2.17. The predicted molar refractivity (Wildman–Crippen MR) is 95.1 cm³/mol. The van der Waals surface area contributed by atoms with Gasteiger partial charge in [-0.3, -0.25) is 4.79 Å². The Morgan fingerprint density at radius 3 is 2.79 bits per heavy atom. The third-order valence-corrected chi connectivity index (χ3v) is 4.15. The lowest BCUT2D eigenvalue weighted by atomic mass is 10.0. The van der Waals surface area contributed by atoms with Gasteiger partial charge in [0, 0.05) is 24.7 Å². The first kappa shape index (κ1) is 16.4. The van der Waals surface area contributed by atoms with Crippen LogP contribution in [0, 0.1) is 6.92 Å². The molecular formula is C19H24N4O. The zero-order chi connectivity index (χ0) is 16.9. The SMILES string of the molecule is CCCc1nc(C)cc(N2CC(=O)N[C@@H](Cc3ccccc3)C2)n1. The van der Waals surface area contributed by atoms with Crippen LogP contribution in [0.15, 0.2) is 36.4 Å². The number of hydrogen-bond acceptors (Lipinski definition) is 4. The van der Waals surface area contributed by atoms with Crippen LogP contribution in [0.3, 0.4) is 0 Å². The van der Waals surface area contributed by atoms with Crippen molar-refractivity contribution in [3.8, 4) is 0 Å². The van der Waals surface area contributed by atoms with Crippen molar-refractivity contribution < 1.29 is 4.79 Å². The molecule has 1 atom stereocenters. The molecule has 3 rings (SSSR count). The lowest BCUT2D eigenvalue weighted by molar-refractivity contribution is -0.121. The Bertz CT molecular complexity index is 702. The van der Waals surface area contributed by atoms with Crippen LogP contribution < -0.4 is 10.2 Å². The summed E-state index contributed by atoms with van der Waals surface area (Å²) in [5.74, 6) is 1.77. The molecule has 126 valence electrons. The van der Waals surface area contributed by atoms with Gasteiger partial charge in [0.25, 0.3) is 0 Å². The number of hydrogen-bond donors (Lipinski definition) is 1. The highest BCUT2D eigenvalue weighted by Gasteiger charge is 2.26.